The highest BCUT2D eigenvalue weighted by Gasteiger charge is 2.13. The number of hydrogen-bond donors (Lipinski definition) is 0. The van der Waals surface area contributed by atoms with E-state index in [1.807, 2.05) is 19.3 Å². The number of hydrogen-bond acceptors (Lipinski definition) is 2. The van der Waals surface area contributed by atoms with E-state index in [1.54, 1.807) is 0 Å². The van der Waals surface area contributed by atoms with Crippen LogP contribution in [-0.4, -0.2) is 9.97 Å². The molecule has 0 spiro atoms. The van der Waals surface area contributed by atoms with E-state index < -0.39 is 0 Å². The molecule has 1 aromatic carbocycles. The molecule has 0 amide bonds. The molecule has 0 atom stereocenters. The van der Waals surface area contributed by atoms with Crippen LogP contribution in [0.3, 0.4) is 0 Å². The van der Waals surface area contributed by atoms with E-state index in [2.05, 4.69) is 55.0 Å². The van der Waals surface area contributed by atoms with Crippen molar-refractivity contribution in [2.24, 2.45) is 0 Å². The molecule has 0 fully saturated rings. The smallest absolute Gasteiger partial charge is 0.125 e. The Hall–Kier alpha value is -1.70. The van der Waals surface area contributed by atoms with E-state index >= 15 is 0 Å². The summed E-state index contributed by atoms with van der Waals surface area (Å²) in [7, 11) is 0. The third-order valence-electron chi connectivity index (χ3n) is 2.84. The summed E-state index contributed by atoms with van der Waals surface area (Å²) in [6, 6.07) is 8.58. The monoisotopic (exact) mass is 226 g/mol. The van der Waals surface area contributed by atoms with Gasteiger partial charge in [0.15, 0.2) is 0 Å². The molecule has 0 radical (unpaired) electrons. The molecule has 1 heterocycles. The van der Waals surface area contributed by atoms with Crippen LogP contribution in [0.1, 0.15) is 32.2 Å². The molecular formula is C15H18N2. The first-order valence-electron chi connectivity index (χ1n) is 5.86. The van der Waals surface area contributed by atoms with Gasteiger partial charge in [0.25, 0.3) is 0 Å². The summed E-state index contributed by atoms with van der Waals surface area (Å²) in [5.41, 5.74) is 3.75. The van der Waals surface area contributed by atoms with Gasteiger partial charge in [0.1, 0.15) is 5.82 Å². The van der Waals surface area contributed by atoms with Crippen LogP contribution in [0.2, 0.25) is 0 Å². The maximum Gasteiger partial charge on any atom is 0.125 e. The summed E-state index contributed by atoms with van der Waals surface area (Å²) in [5.74, 6) is 0.806. The van der Waals surface area contributed by atoms with Gasteiger partial charge < -0.3 is 0 Å². The van der Waals surface area contributed by atoms with Crippen molar-refractivity contribution in [3.8, 4) is 11.1 Å². The molecule has 2 nitrogen and oxygen atoms in total. The third kappa shape index (κ3) is 2.70. The van der Waals surface area contributed by atoms with Crippen LogP contribution in [0.4, 0.5) is 0 Å². The second kappa shape index (κ2) is 4.28. The lowest BCUT2D eigenvalue weighted by atomic mass is 9.86. The first kappa shape index (κ1) is 11.8. The zero-order chi connectivity index (χ0) is 12.5. The maximum absolute atomic E-state index is 4.24. The van der Waals surface area contributed by atoms with Gasteiger partial charge >= 0.3 is 0 Å². The minimum atomic E-state index is 0.168. The number of aryl methyl sites for hydroxylation is 1. The minimum absolute atomic E-state index is 0.168. The van der Waals surface area contributed by atoms with Crippen molar-refractivity contribution in [1.82, 2.24) is 9.97 Å². The van der Waals surface area contributed by atoms with E-state index in [1.165, 1.54) is 11.1 Å². The predicted octanol–water partition coefficient (Wildman–Crippen LogP) is 3.75. The normalized spacial score (nSPS) is 11.5. The molecule has 0 bridgehead atoms. The largest absolute Gasteiger partial charge is 0.241 e. The highest BCUT2D eigenvalue weighted by Crippen LogP contribution is 2.26. The van der Waals surface area contributed by atoms with Gasteiger partial charge in [-0.15, -0.1) is 0 Å². The topological polar surface area (TPSA) is 25.8 Å². The summed E-state index contributed by atoms with van der Waals surface area (Å²) in [5, 5.41) is 0. The molecule has 88 valence electrons. The Bertz CT molecular complexity index is 507. The molecule has 0 aliphatic heterocycles. The van der Waals surface area contributed by atoms with Crippen LogP contribution < -0.4 is 0 Å². The first-order chi connectivity index (χ1) is 7.97. The summed E-state index contributed by atoms with van der Waals surface area (Å²) < 4.78 is 0. The molecule has 2 heteroatoms. The summed E-state index contributed by atoms with van der Waals surface area (Å²) in [4.78, 5) is 8.47. The second-order valence-electron chi connectivity index (χ2n) is 5.35. The number of aromatic nitrogens is 2. The molecule has 0 saturated heterocycles. The fraction of sp³-hybridized carbons (Fsp3) is 0.333. The van der Waals surface area contributed by atoms with Crippen molar-refractivity contribution in [2.45, 2.75) is 33.1 Å². The van der Waals surface area contributed by atoms with Crippen LogP contribution in [-0.2, 0) is 5.41 Å². The lowest BCUT2D eigenvalue weighted by molar-refractivity contribution is 0.590. The zero-order valence-corrected chi connectivity index (χ0v) is 10.9. The van der Waals surface area contributed by atoms with Crippen molar-refractivity contribution in [3.63, 3.8) is 0 Å². The SMILES string of the molecule is Cc1ncc(-c2cccc(C(C)(C)C)c2)cn1. The molecule has 0 N–H and O–H groups in total. The van der Waals surface area contributed by atoms with Gasteiger partial charge in [0.2, 0.25) is 0 Å². The Morgan fingerprint density at radius 1 is 0.941 bits per heavy atom. The standard InChI is InChI=1S/C15H18N2/c1-11-16-9-13(10-17-11)12-6-5-7-14(8-12)15(2,3)4/h5-10H,1-4H3. The van der Waals surface area contributed by atoms with Crippen molar-refractivity contribution < 1.29 is 0 Å². The lowest BCUT2D eigenvalue weighted by Gasteiger charge is -2.19. The summed E-state index contributed by atoms with van der Waals surface area (Å²) in [6.07, 6.45) is 3.76. The Morgan fingerprint density at radius 3 is 2.18 bits per heavy atom. The quantitative estimate of drug-likeness (QED) is 0.740. The number of rotatable bonds is 1. The third-order valence-corrected chi connectivity index (χ3v) is 2.84. The lowest BCUT2D eigenvalue weighted by Crippen LogP contribution is -2.10. The first-order valence-corrected chi connectivity index (χ1v) is 5.86. The minimum Gasteiger partial charge on any atom is -0.241 e. The van der Waals surface area contributed by atoms with Crippen LogP contribution in [0.5, 0.6) is 0 Å². The fourth-order valence-electron chi connectivity index (χ4n) is 1.71. The Balaban J connectivity index is 2.43. The Kier molecular flexibility index (Phi) is 2.97. The Morgan fingerprint density at radius 2 is 1.59 bits per heavy atom. The molecule has 1 aromatic heterocycles. The molecular weight excluding hydrogens is 208 g/mol. The average molecular weight is 226 g/mol. The van der Waals surface area contributed by atoms with Gasteiger partial charge in [-0.05, 0) is 23.5 Å². The molecule has 0 saturated carbocycles. The van der Waals surface area contributed by atoms with E-state index in [-0.39, 0.29) is 5.41 Å². The van der Waals surface area contributed by atoms with Crippen LogP contribution in [0, 0.1) is 6.92 Å². The van der Waals surface area contributed by atoms with Gasteiger partial charge in [-0.25, -0.2) is 9.97 Å². The molecule has 0 aliphatic rings. The molecule has 17 heavy (non-hydrogen) atoms. The van der Waals surface area contributed by atoms with E-state index in [9.17, 15) is 0 Å². The Labute approximate surface area is 103 Å². The number of benzene rings is 1. The van der Waals surface area contributed by atoms with Crippen molar-refractivity contribution in [3.05, 3.63) is 48.0 Å². The summed E-state index contributed by atoms with van der Waals surface area (Å²) >= 11 is 0. The molecule has 2 aromatic rings. The van der Waals surface area contributed by atoms with Gasteiger partial charge in [-0.2, -0.15) is 0 Å². The number of nitrogens with zero attached hydrogens (tertiary/aromatic N) is 2. The van der Waals surface area contributed by atoms with Crippen LogP contribution >= 0.6 is 0 Å². The van der Waals surface area contributed by atoms with Crippen molar-refractivity contribution >= 4 is 0 Å². The van der Waals surface area contributed by atoms with Crippen LogP contribution in [0.25, 0.3) is 11.1 Å². The summed E-state index contributed by atoms with van der Waals surface area (Å²) in [6.45, 7) is 8.56. The maximum atomic E-state index is 4.24. The van der Waals surface area contributed by atoms with E-state index in [0.29, 0.717) is 0 Å². The van der Waals surface area contributed by atoms with Crippen LogP contribution in [0.15, 0.2) is 36.7 Å². The van der Waals surface area contributed by atoms with E-state index in [0.717, 1.165) is 11.4 Å². The fourth-order valence-corrected chi connectivity index (χ4v) is 1.71. The zero-order valence-electron chi connectivity index (χ0n) is 10.9. The second-order valence-corrected chi connectivity index (χ2v) is 5.35. The van der Waals surface area contributed by atoms with Crippen molar-refractivity contribution in [1.29, 1.82) is 0 Å². The molecule has 2 rings (SSSR count). The van der Waals surface area contributed by atoms with Gasteiger partial charge in [0.05, 0.1) is 0 Å². The van der Waals surface area contributed by atoms with Crippen molar-refractivity contribution in [2.75, 3.05) is 0 Å². The molecule has 0 unspecified atom stereocenters. The molecule has 0 aliphatic carbocycles. The van der Waals surface area contributed by atoms with Gasteiger partial charge in [-0.1, -0.05) is 45.0 Å². The van der Waals surface area contributed by atoms with Gasteiger partial charge in [0, 0.05) is 18.0 Å². The highest BCUT2D eigenvalue weighted by atomic mass is 14.8. The highest BCUT2D eigenvalue weighted by molar-refractivity contribution is 5.62. The van der Waals surface area contributed by atoms with E-state index in [4.69, 9.17) is 0 Å². The average Bonchev–Trinajstić information content (AvgIpc) is 2.29. The predicted molar refractivity (Wildman–Crippen MR) is 70.9 cm³/mol. The van der Waals surface area contributed by atoms with Gasteiger partial charge in [-0.3, -0.25) is 0 Å².